The van der Waals surface area contributed by atoms with Gasteiger partial charge in [0, 0.05) is 0 Å². The lowest BCUT2D eigenvalue weighted by Gasteiger charge is -2.18. The Hall–Kier alpha value is -1.13. The summed E-state index contributed by atoms with van der Waals surface area (Å²) in [4.78, 5) is 0. The highest BCUT2D eigenvalue weighted by atomic mass is 19.4. The summed E-state index contributed by atoms with van der Waals surface area (Å²) < 4.78 is 43.4. The SMILES string of the molecule is CCCCCCCOc1ccc([B-](F)(F)F)c(C)c1. The molecule has 0 spiro atoms. The Balaban J connectivity index is 2.42. The Morgan fingerprint density at radius 2 is 1.74 bits per heavy atom. The predicted octanol–water partition coefficient (Wildman–Crippen LogP) is 4.40. The molecule has 0 N–H and O–H groups in total. The molecular formula is C14H21BF3O-. The molecule has 0 aliphatic heterocycles. The Kier molecular flexibility index (Phi) is 6.26. The zero-order valence-electron chi connectivity index (χ0n) is 11.6. The topological polar surface area (TPSA) is 9.23 Å². The second-order valence-corrected chi connectivity index (χ2v) is 4.86. The number of hydrogen-bond acceptors (Lipinski definition) is 1. The van der Waals surface area contributed by atoms with E-state index < -0.39 is 12.4 Å². The Morgan fingerprint density at radius 1 is 1.05 bits per heavy atom. The Labute approximate surface area is 113 Å². The van der Waals surface area contributed by atoms with Crippen molar-refractivity contribution in [3.8, 4) is 5.75 Å². The van der Waals surface area contributed by atoms with Crippen molar-refractivity contribution in [3.63, 3.8) is 0 Å². The van der Waals surface area contributed by atoms with Gasteiger partial charge in [0.25, 0.3) is 0 Å². The van der Waals surface area contributed by atoms with Crippen LogP contribution >= 0.6 is 0 Å². The zero-order valence-corrected chi connectivity index (χ0v) is 11.6. The lowest BCUT2D eigenvalue weighted by Crippen LogP contribution is -2.35. The van der Waals surface area contributed by atoms with Crippen LogP contribution in [0, 0.1) is 6.92 Å². The molecule has 1 aromatic rings. The summed E-state index contributed by atoms with van der Waals surface area (Å²) in [7, 11) is 0. The van der Waals surface area contributed by atoms with Gasteiger partial charge in [0.1, 0.15) is 5.75 Å². The van der Waals surface area contributed by atoms with Crippen molar-refractivity contribution in [1.82, 2.24) is 0 Å². The van der Waals surface area contributed by atoms with E-state index in [1.807, 2.05) is 0 Å². The molecule has 0 heterocycles. The maximum atomic E-state index is 12.6. The second kappa shape index (κ2) is 7.46. The van der Waals surface area contributed by atoms with Gasteiger partial charge in [0.05, 0.1) is 6.61 Å². The predicted molar refractivity (Wildman–Crippen MR) is 74.1 cm³/mol. The number of unbranched alkanes of at least 4 members (excludes halogenated alkanes) is 4. The Morgan fingerprint density at radius 3 is 2.32 bits per heavy atom. The third-order valence-corrected chi connectivity index (χ3v) is 3.11. The normalized spacial score (nSPS) is 11.6. The highest BCUT2D eigenvalue weighted by Gasteiger charge is 2.27. The first-order valence-corrected chi connectivity index (χ1v) is 6.88. The molecule has 0 aliphatic rings. The molecule has 0 fully saturated rings. The molecule has 108 valence electrons. The minimum Gasteiger partial charge on any atom is -0.494 e. The van der Waals surface area contributed by atoms with Crippen molar-refractivity contribution in [3.05, 3.63) is 23.8 Å². The first-order chi connectivity index (χ1) is 8.95. The van der Waals surface area contributed by atoms with Crippen LogP contribution < -0.4 is 10.2 Å². The molecule has 0 aliphatic carbocycles. The van der Waals surface area contributed by atoms with E-state index in [1.54, 1.807) is 0 Å². The molecule has 5 heteroatoms. The smallest absolute Gasteiger partial charge is 0.494 e. The average molecular weight is 273 g/mol. The van der Waals surface area contributed by atoms with E-state index >= 15 is 0 Å². The maximum absolute atomic E-state index is 12.6. The summed E-state index contributed by atoms with van der Waals surface area (Å²) in [5.41, 5.74) is -0.300. The van der Waals surface area contributed by atoms with Crippen molar-refractivity contribution in [2.24, 2.45) is 0 Å². The van der Waals surface area contributed by atoms with E-state index in [-0.39, 0.29) is 5.56 Å². The van der Waals surface area contributed by atoms with Crippen LogP contribution in [0.3, 0.4) is 0 Å². The van der Waals surface area contributed by atoms with Gasteiger partial charge in [-0.25, -0.2) is 0 Å². The molecule has 0 radical (unpaired) electrons. The molecule has 0 bridgehead atoms. The monoisotopic (exact) mass is 273 g/mol. The number of hydrogen-bond donors (Lipinski definition) is 0. The zero-order chi connectivity index (χ0) is 14.3. The highest BCUT2D eigenvalue weighted by molar-refractivity contribution is 6.74. The third kappa shape index (κ3) is 5.58. The van der Waals surface area contributed by atoms with Crippen LogP contribution in [0.4, 0.5) is 12.9 Å². The highest BCUT2D eigenvalue weighted by Crippen LogP contribution is 2.17. The van der Waals surface area contributed by atoms with Gasteiger partial charge in [-0.15, -0.1) is 5.46 Å². The fourth-order valence-electron chi connectivity index (χ4n) is 2.00. The minimum absolute atomic E-state index is 0.232. The molecule has 0 aromatic heterocycles. The van der Waals surface area contributed by atoms with E-state index in [2.05, 4.69) is 6.92 Å². The van der Waals surface area contributed by atoms with Crippen molar-refractivity contribution >= 4 is 12.4 Å². The lowest BCUT2D eigenvalue weighted by molar-refractivity contribution is 0.304. The molecule has 1 rings (SSSR count). The van der Waals surface area contributed by atoms with Crippen LogP contribution in [0.5, 0.6) is 5.75 Å². The quantitative estimate of drug-likeness (QED) is 0.504. The fourth-order valence-corrected chi connectivity index (χ4v) is 2.00. The van der Waals surface area contributed by atoms with Crippen LogP contribution in [0.2, 0.25) is 0 Å². The van der Waals surface area contributed by atoms with Crippen LogP contribution in [0.1, 0.15) is 44.6 Å². The number of ether oxygens (including phenoxy) is 1. The van der Waals surface area contributed by atoms with Crippen LogP contribution in [0.25, 0.3) is 0 Å². The van der Waals surface area contributed by atoms with E-state index in [9.17, 15) is 12.9 Å². The van der Waals surface area contributed by atoms with Gasteiger partial charge in [-0.3, -0.25) is 0 Å². The van der Waals surface area contributed by atoms with Crippen molar-refractivity contribution < 1.29 is 17.7 Å². The van der Waals surface area contributed by atoms with Gasteiger partial charge in [-0.05, 0) is 25.5 Å². The lowest BCUT2D eigenvalue weighted by atomic mass is 9.77. The first-order valence-electron chi connectivity index (χ1n) is 6.88. The summed E-state index contributed by atoms with van der Waals surface area (Å²) in [5.74, 6) is 0.525. The summed E-state index contributed by atoms with van der Waals surface area (Å²) in [6.45, 7) is -0.732. The van der Waals surface area contributed by atoms with Crippen LogP contribution in [-0.4, -0.2) is 13.6 Å². The van der Waals surface area contributed by atoms with Crippen molar-refractivity contribution in [2.45, 2.75) is 46.0 Å². The molecule has 0 atom stereocenters. The largest absolute Gasteiger partial charge is 0.509 e. The standard InChI is InChI=1S/C14H21BF3O/c1-3-4-5-6-7-10-19-13-8-9-14(12(2)11-13)15(16,17)18/h8-9,11H,3-7,10H2,1-2H3/q-1. The number of aryl methyl sites for hydroxylation is 1. The molecule has 19 heavy (non-hydrogen) atoms. The molecule has 1 nitrogen and oxygen atoms in total. The van der Waals surface area contributed by atoms with E-state index in [0.29, 0.717) is 12.4 Å². The van der Waals surface area contributed by atoms with E-state index in [4.69, 9.17) is 4.74 Å². The molecule has 0 amide bonds. The summed E-state index contributed by atoms with van der Waals surface area (Å²) >= 11 is 0. The van der Waals surface area contributed by atoms with Gasteiger partial charge in [-0.1, -0.05) is 44.2 Å². The fraction of sp³-hybridized carbons (Fsp3) is 0.571. The minimum atomic E-state index is -4.93. The molecule has 0 unspecified atom stereocenters. The van der Waals surface area contributed by atoms with Crippen molar-refractivity contribution in [2.75, 3.05) is 6.61 Å². The summed E-state index contributed by atoms with van der Waals surface area (Å²) in [5, 5.41) is 0. The molecule has 0 saturated carbocycles. The van der Waals surface area contributed by atoms with Crippen molar-refractivity contribution in [1.29, 1.82) is 0 Å². The Bertz CT molecular complexity index is 391. The van der Waals surface area contributed by atoms with Gasteiger partial charge < -0.3 is 17.7 Å². The maximum Gasteiger partial charge on any atom is 0.509 e. The number of benzene rings is 1. The van der Waals surface area contributed by atoms with Crippen LogP contribution in [0.15, 0.2) is 18.2 Å². The third-order valence-electron chi connectivity index (χ3n) is 3.11. The van der Waals surface area contributed by atoms with Gasteiger partial charge in [0.2, 0.25) is 0 Å². The van der Waals surface area contributed by atoms with E-state index in [1.165, 1.54) is 38.3 Å². The molecule has 1 aromatic carbocycles. The first kappa shape index (κ1) is 15.9. The average Bonchev–Trinajstić information content (AvgIpc) is 2.32. The number of rotatable bonds is 8. The van der Waals surface area contributed by atoms with Gasteiger partial charge >= 0.3 is 6.98 Å². The summed E-state index contributed by atoms with van der Waals surface area (Å²) in [6.07, 6.45) is 5.66. The summed E-state index contributed by atoms with van der Waals surface area (Å²) in [6, 6.07) is 3.99. The number of halogens is 3. The second-order valence-electron chi connectivity index (χ2n) is 4.86. The van der Waals surface area contributed by atoms with Gasteiger partial charge in [-0.2, -0.15) is 0 Å². The molecular weight excluding hydrogens is 252 g/mol. The van der Waals surface area contributed by atoms with Crippen LogP contribution in [-0.2, 0) is 0 Å². The molecule has 0 saturated heterocycles. The van der Waals surface area contributed by atoms with Gasteiger partial charge in [0.15, 0.2) is 0 Å². The van der Waals surface area contributed by atoms with E-state index in [0.717, 1.165) is 18.9 Å².